The van der Waals surface area contributed by atoms with Crippen LogP contribution in [-0.4, -0.2) is 36.3 Å². The van der Waals surface area contributed by atoms with Crippen molar-refractivity contribution >= 4 is 23.2 Å². The molecule has 1 aliphatic rings. The van der Waals surface area contributed by atoms with Gasteiger partial charge in [-0.3, -0.25) is 4.90 Å². The lowest BCUT2D eigenvalue weighted by Crippen LogP contribution is -2.31. The van der Waals surface area contributed by atoms with Gasteiger partial charge in [0.25, 0.3) is 0 Å². The number of likely N-dealkylation sites (tertiary alicyclic amines) is 1. The summed E-state index contributed by atoms with van der Waals surface area (Å²) in [6, 6.07) is 3.82. The quantitative estimate of drug-likeness (QED) is 0.925. The third kappa shape index (κ3) is 2.91. The van der Waals surface area contributed by atoms with Gasteiger partial charge in [0, 0.05) is 23.7 Å². The Bertz CT molecular complexity index is 426. The highest BCUT2D eigenvalue weighted by molar-refractivity contribution is 6.34. The van der Waals surface area contributed by atoms with Gasteiger partial charge >= 0.3 is 0 Å². The Labute approximate surface area is 117 Å². The molecule has 100 valence electrons. The Kier molecular flexibility index (Phi) is 4.73. The Morgan fingerprint density at radius 1 is 1.39 bits per heavy atom. The Balaban J connectivity index is 2.16. The molecule has 0 amide bonds. The Morgan fingerprint density at radius 2 is 2.17 bits per heavy atom. The average Bonchev–Trinajstić information content (AvgIpc) is 2.80. The van der Waals surface area contributed by atoms with Gasteiger partial charge in [-0.15, -0.1) is 0 Å². The fourth-order valence-corrected chi connectivity index (χ4v) is 2.85. The lowest BCUT2D eigenvalue weighted by atomic mass is 10.2. The number of nitrogens with zero attached hydrogens (tertiary/aromatic N) is 1. The number of hydrogen-bond acceptors (Lipinski definition) is 3. The van der Waals surface area contributed by atoms with E-state index in [1.54, 1.807) is 13.2 Å². The average molecular weight is 290 g/mol. The molecule has 1 atom stereocenters. The molecule has 1 heterocycles. The van der Waals surface area contributed by atoms with Crippen LogP contribution in [0.3, 0.4) is 0 Å². The largest absolute Gasteiger partial charge is 0.495 e. The van der Waals surface area contributed by atoms with Gasteiger partial charge in [0.2, 0.25) is 0 Å². The number of halogens is 2. The summed E-state index contributed by atoms with van der Waals surface area (Å²) in [4.78, 5) is 2.24. The van der Waals surface area contributed by atoms with Crippen molar-refractivity contribution in [3.05, 3.63) is 27.7 Å². The highest BCUT2D eigenvalue weighted by atomic mass is 35.5. The van der Waals surface area contributed by atoms with E-state index >= 15 is 0 Å². The molecule has 18 heavy (non-hydrogen) atoms. The number of hydrogen-bond donors (Lipinski definition) is 1. The molecule has 0 saturated carbocycles. The molecule has 2 rings (SSSR count). The summed E-state index contributed by atoms with van der Waals surface area (Å²) in [5.74, 6) is 0.588. The van der Waals surface area contributed by atoms with Crippen LogP contribution in [0.4, 0.5) is 0 Å². The van der Waals surface area contributed by atoms with Gasteiger partial charge in [0.15, 0.2) is 0 Å². The van der Waals surface area contributed by atoms with E-state index in [9.17, 15) is 5.11 Å². The molecule has 0 aromatic heterocycles. The lowest BCUT2D eigenvalue weighted by Gasteiger charge is -2.23. The molecule has 3 nitrogen and oxygen atoms in total. The lowest BCUT2D eigenvalue weighted by molar-refractivity contribution is 0.153. The maximum absolute atomic E-state index is 9.30. The molecule has 0 spiro atoms. The molecule has 1 fully saturated rings. The van der Waals surface area contributed by atoms with E-state index < -0.39 is 0 Å². The predicted octanol–water partition coefficient (Wildman–Crippen LogP) is 2.96. The van der Waals surface area contributed by atoms with Crippen LogP contribution in [-0.2, 0) is 6.54 Å². The highest BCUT2D eigenvalue weighted by Crippen LogP contribution is 2.32. The first-order valence-corrected chi connectivity index (χ1v) is 6.78. The van der Waals surface area contributed by atoms with Gasteiger partial charge in [-0.05, 0) is 31.0 Å². The third-order valence-corrected chi connectivity index (χ3v) is 4.05. The summed E-state index contributed by atoms with van der Waals surface area (Å²) in [6.07, 6.45) is 2.16. The maximum atomic E-state index is 9.30. The van der Waals surface area contributed by atoms with E-state index in [1.165, 1.54) is 0 Å². The SMILES string of the molecule is COc1cc(Cl)c(CN2CCC[C@@H]2CO)cc1Cl. The van der Waals surface area contributed by atoms with Gasteiger partial charge in [0.1, 0.15) is 5.75 Å². The van der Waals surface area contributed by atoms with Gasteiger partial charge in [-0.25, -0.2) is 0 Å². The Morgan fingerprint density at radius 3 is 2.83 bits per heavy atom. The van der Waals surface area contributed by atoms with E-state index in [2.05, 4.69) is 4.90 Å². The third-order valence-electron chi connectivity index (χ3n) is 3.40. The molecule has 0 aliphatic carbocycles. The molecule has 0 bridgehead atoms. The van der Waals surface area contributed by atoms with Crippen molar-refractivity contribution in [2.75, 3.05) is 20.3 Å². The summed E-state index contributed by atoms with van der Waals surface area (Å²) >= 11 is 12.3. The van der Waals surface area contributed by atoms with Crippen molar-refractivity contribution in [2.24, 2.45) is 0 Å². The van der Waals surface area contributed by atoms with Crippen LogP contribution < -0.4 is 4.74 Å². The van der Waals surface area contributed by atoms with Crippen LogP contribution in [0.2, 0.25) is 10.0 Å². The monoisotopic (exact) mass is 289 g/mol. The fourth-order valence-electron chi connectivity index (χ4n) is 2.38. The van der Waals surface area contributed by atoms with Crippen LogP contribution in [0, 0.1) is 0 Å². The minimum Gasteiger partial charge on any atom is -0.495 e. The molecule has 0 unspecified atom stereocenters. The second-order valence-corrected chi connectivity index (χ2v) is 5.34. The minimum atomic E-state index is 0.196. The normalized spacial score (nSPS) is 20.3. The van der Waals surface area contributed by atoms with Crippen molar-refractivity contribution < 1.29 is 9.84 Å². The second kappa shape index (κ2) is 6.11. The predicted molar refractivity (Wildman–Crippen MR) is 73.5 cm³/mol. The number of aliphatic hydroxyl groups excluding tert-OH is 1. The van der Waals surface area contributed by atoms with Crippen molar-refractivity contribution in [2.45, 2.75) is 25.4 Å². The van der Waals surface area contributed by atoms with E-state index in [4.69, 9.17) is 27.9 Å². The van der Waals surface area contributed by atoms with Crippen molar-refractivity contribution in [1.29, 1.82) is 0 Å². The van der Waals surface area contributed by atoms with Crippen LogP contribution in [0.1, 0.15) is 18.4 Å². The summed E-state index contributed by atoms with van der Waals surface area (Å²) in [5, 5.41) is 10.5. The zero-order chi connectivity index (χ0) is 13.1. The molecular weight excluding hydrogens is 273 g/mol. The van der Waals surface area contributed by atoms with E-state index in [0.29, 0.717) is 22.3 Å². The first kappa shape index (κ1) is 13.9. The van der Waals surface area contributed by atoms with E-state index in [0.717, 1.165) is 24.9 Å². The van der Waals surface area contributed by atoms with Gasteiger partial charge in [-0.2, -0.15) is 0 Å². The number of aliphatic hydroxyl groups is 1. The molecule has 1 N–H and O–H groups in total. The molecular formula is C13H17Cl2NO2. The van der Waals surface area contributed by atoms with Crippen LogP contribution in [0.15, 0.2) is 12.1 Å². The smallest absolute Gasteiger partial charge is 0.138 e. The summed E-state index contributed by atoms with van der Waals surface area (Å²) in [5.41, 5.74) is 0.975. The zero-order valence-electron chi connectivity index (χ0n) is 10.3. The van der Waals surface area contributed by atoms with Crippen molar-refractivity contribution in [3.63, 3.8) is 0 Å². The van der Waals surface area contributed by atoms with E-state index in [1.807, 2.05) is 6.07 Å². The molecule has 0 radical (unpaired) electrons. The standard InChI is InChI=1S/C13H17Cl2NO2/c1-18-13-6-11(14)9(5-12(13)15)7-16-4-2-3-10(16)8-17/h5-6,10,17H,2-4,7-8H2,1H3/t10-/m1/s1. The Hall–Kier alpha value is -0.480. The van der Waals surface area contributed by atoms with Gasteiger partial charge in [-0.1, -0.05) is 23.2 Å². The van der Waals surface area contributed by atoms with E-state index in [-0.39, 0.29) is 12.6 Å². The van der Waals surface area contributed by atoms with Crippen LogP contribution in [0.5, 0.6) is 5.75 Å². The van der Waals surface area contributed by atoms with Crippen molar-refractivity contribution in [3.8, 4) is 5.75 Å². The maximum Gasteiger partial charge on any atom is 0.138 e. The molecule has 1 aromatic rings. The summed E-state index contributed by atoms with van der Waals surface area (Å²) in [6.45, 7) is 1.90. The van der Waals surface area contributed by atoms with Gasteiger partial charge < -0.3 is 9.84 Å². The topological polar surface area (TPSA) is 32.7 Å². The number of ether oxygens (including phenoxy) is 1. The molecule has 1 saturated heterocycles. The summed E-state index contributed by atoms with van der Waals surface area (Å²) < 4.78 is 5.12. The number of rotatable bonds is 4. The highest BCUT2D eigenvalue weighted by Gasteiger charge is 2.24. The van der Waals surface area contributed by atoms with Crippen LogP contribution in [0.25, 0.3) is 0 Å². The fraction of sp³-hybridized carbons (Fsp3) is 0.538. The minimum absolute atomic E-state index is 0.196. The number of methoxy groups -OCH3 is 1. The first-order chi connectivity index (χ1) is 8.65. The van der Waals surface area contributed by atoms with Gasteiger partial charge in [0.05, 0.1) is 18.7 Å². The molecule has 1 aromatic carbocycles. The van der Waals surface area contributed by atoms with Crippen molar-refractivity contribution in [1.82, 2.24) is 4.90 Å². The first-order valence-electron chi connectivity index (χ1n) is 6.02. The zero-order valence-corrected chi connectivity index (χ0v) is 11.8. The summed E-state index contributed by atoms with van der Waals surface area (Å²) in [7, 11) is 1.57. The molecule has 5 heteroatoms. The number of benzene rings is 1. The molecule has 1 aliphatic heterocycles. The van der Waals surface area contributed by atoms with Crippen LogP contribution >= 0.6 is 23.2 Å². The second-order valence-electron chi connectivity index (χ2n) is 4.53.